The zero-order valence-electron chi connectivity index (χ0n) is 12.4. The lowest BCUT2D eigenvalue weighted by Crippen LogP contribution is -2.22. The van der Waals surface area contributed by atoms with Crippen LogP contribution in [0.1, 0.15) is 54.6 Å². The third-order valence-corrected chi connectivity index (χ3v) is 4.24. The highest BCUT2D eigenvalue weighted by Gasteiger charge is 2.18. The van der Waals surface area contributed by atoms with Gasteiger partial charge in [0.05, 0.1) is 11.7 Å². The fourth-order valence-corrected chi connectivity index (χ4v) is 3.12. The first kappa shape index (κ1) is 15.1. The molecule has 1 atom stereocenters. The topological polar surface area (TPSA) is 24.9 Å². The molecule has 2 aromatic rings. The van der Waals surface area contributed by atoms with Crippen molar-refractivity contribution in [3.8, 4) is 0 Å². The van der Waals surface area contributed by atoms with Crippen LogP contribution in [0.3, 0.4) is 0 Å². The van der Waals surface area contributed by atoms with Crippen LogP contribution in [-0.4, -0.2) is 11.5 Å². The van der Waals surface area contributed by atoms with Gasteiger partial charge in [0.25, 0.3) is 0 Å². The molecule has 0 aliphatic heterocycles. The number of hydrogen-bond acceptors (Lipinski definition) is 3. The zero-order chi connectivity index (χ0) is 14.7. The maximum absolute atomic E-state index is 13.8. The first-order chi connectivity index (χ1) is 9.52. The fourth-order valence-electron chi connectivity index (χ4n) is 2.04. The van der Waals surface area contributed by atoms with Gasteiger partial charge in [0, 0.05) is 5.38 Å². The van der Waals surface area contributed by atoms with E-state index in [4.69, 9.17) is 4.98 Å². The Balaban J connectivity index is 2.36. The van der Waals surface area contributed by atoms with Crippen LogP contribution in [0.5, 0.6) is 0 Å². The number of rotatable bonds is 5. The van der Waals surface area contributed by atoms with Gasteiger partial charge in [-0.3, -0.25) is 0 Å². The van der Waals surface area contributed by atoms with Crippen LogP contribution in [0.4, 0.5) is 4.39 Å². The second-order valence-corrected chi connectivity index (χ2v) is 6.15. The van der Waals surface area contributed by atoms with Gasteiger partial charge < -0.3 is 5.32 Å². The highest BCUT2D eigenvalue weighted by molar-refractivity contribution is 7.09. The van der Waals surface area contributed by atoms with E-state index in [9.17, 15) is 4.39 Å². The Morgan fingerprint density at radius 1 is 1.35 bits per heavy atom. The van der Waals surface area contributed by atoms with Gasteiger partial charge in [0.2, 0.25) is 0 Å². The van der Waals surface area contributed by atoms with Gasteiger partial charge in [0.1, 0.15) is 10.8 Å². The molecule has 0 amide bonds. The molecule has 20 heavy (non-hydrogen) atoms. The third-order valence-electron chi connectivity index (χ3n) is 3.32. The molecule has 1 N–H and O–H groups in total. The Kier molecular flexibility index (Phi) is 4.89. The highest BCUT2D eigenvalue weighted by atomic mass is 32.1. The van der Waals surface area contributed by atoms with Crippen molar-refractivity contribution < 1.29 is 4.39 Å². The predicted octanol–water partition coefficient (Wildman–Crippen LogP) is 4.41. The van der Waals surface area contributed by atoms with Crippen LogP contribution in [0.15, 0.2) is 23.6 Å². The summed E-state index contributed by atoms with van der Waals surface area (Å²) in [6.07, 6.45) is 0. The van der Waals surface area contributed by atoms with Gasteiger partial charge in [-0.1, -0.05) is 32.9 Å². The van der Waals surface area contributed by atoms with Gasteiger partial charge >= 0.3 is 0 Å². The quantitative estimate of drug-likeness (QED) is 0.882. The summed E-state index contributed by atoms with van der Waals surface area (Å²) in [7, 11) is 0. The van der Waals surface area contributed by atoms with E-state index in [0.717, 1.165) is 22.8 Å². The summed E-state index contributed by atoms with van der Waals surface area (Å²) in [5.74, 6) is 0.253. The van der Waals surface area contributed by atoms with E-state index in [0.29, 0.717) is 11.5 Å². The van der Waals surface area contributed by atoms with E-state index >= 15 is 0 Å². The van der Waals surface area contributed by atoms with Crippen molar-refractivity contribution >= 4 is 11.3 Å². The predicted molar refractivity (Wildman–Crippen MR) is 82.9 cm³/mol. The second kappa shape index (κ2) is 6.46. The van der Waals surface area contributed by atoms with Crippen LogP contribution in [0.25, 0.3) is 0 Å². The molecule has 0 aliphatic carbocycles. The average Bonchev–Trinajstić information content (AvgIpc) is 2.89. The van der Waals surface area contributed by atoms with Crippen LogP contribution < -0.4 is 5.32 Å². The van der Waals surface area contributed by atoms with Gasteiger partial charge in [-0.15, -0.1) is 11.3 Å². The van der Waals surface area contributed by atoms with Gasteiger partial charge in [0.15, 0.2) is 0 Å². The first-order valence-corrected chi connectivity index (χ1v) is 7.85. The lowest BCUT2D eigenvalue weighted by molar-refractivity contribution is 0.594. The van der Waals surface area contributed by atoms with E-state index in [1.165, 1.54) is 0 Å². The van der Waals surface area contributed by atoms with Crippen molar-refractivity contribution in [2.45, 2.75) is 39.7 Å². The highest BCUT2D eigenvalue weighted by Crippen LogP contribution is 2.28. The first-order valence-electron chi connectivity index (χ1n) is 6.97. The lowest BCUT2D eigenvalue weighted by Gasteiger charge is -2.16. The minimum Gasteiger partial charge on any atom is -0.305 e. The Bertz CT molecular complexity index is 578. The Morgan fingerprint density at radius 2 is 2.10 bits per heavy atom. The van der Waals surface area contributed by atoms with Crippen LogP contribution in [0.2, 0.25) is 0 Å². The monoisotopic (exact) mass is 292 g/mol. The molecule has 2 rings (SSSR count). The van der Waals surface area contributed by atoms with Crippen LogP contribution >= 0.6 is 11.3 Å². The van der Waals surface area contributed by atoms with Crippen molar-refractivity contribution in [1.29, 1.82) is 0 Å². The summed E-state index contributed by atoms with van der Waals surface area (Å²) in [4.78, 5) is 4.69. The number of halogens is 1. The number of nitrogens with one attached hydrogen (secondary N) is 1. The van der Waals surface area contributed by atoms with E-state index < -0.39 is 0 Å². The molecular formula is C16H21FN2S. The van der Waals surface area contributed by atoms with Crippen molar-refractivity contribution in [2.75, 3.05) is 6.54 Å². The number of hydrogen-bond donors (Lipinski definition) is 1. The summed E-state index contributed by atoms with van der Waals surface area (Å²) in [5.41, 5.74) is 2.70. The summed E-state index contributed by atoms with van der Waals surface area (Å²) >= 11 is 1.63. The molecule has 0 bridgehead atoms. The molecule has 0 aliphatic rings. The second-order valence-electron chi connectivity index (χ2n) is 5.26. The zero-order valence-corrected chi connectivity index (χ0v) is 13.2. The molecule has 1 heterocycles. The van der Waals surface area contributed by atoms with Gasteiger partial charge in [-0.25, -0.2) is 9.37 Å². The molecule has 1 unspecified atom stereocenters. The summed E-state index contributed by atoms with van der Waals surface area (Å²) in [6.45, 7) is 8.91. The molecule has 1 aromatic carbocycles. The van der Waals surface area contributed by atoms with E-state index in [1.807, 2.05) is 12.1 Å². The number of aromatic nitrogens is 1. The van der Waals surface area contributed by atoms with Crippen molar-refractivity contribution in [2.24, 2.45) is 0 Å². The molecule has 0 fully saturated rings. The van der Waals surface area contributed by atoms with E-state index in [1.54, 1.807) is 24.3 Å². The Morgan fingerprint density at radius 3 is 2.65 bits per heavy atom. The standard InChI is InChI=1S/C16H21FN2S/c1-5-18-15(12-7-6-11(4)13(17)8-12)16-19-14(9-20-16)10(2)3/h6-10,15,18H,5H2,1-4H3. The fraction of sp³-hybridized carbons (Fsp3) is 0.438. The van der Waals surface area contributed by atoms with E-state index in [2.05, 4.69) is 31.5 Å². The van der Waals surface area contributed by atoms with Gasteiger partial charge in [-0.05, 0) is 36.6 Å². The molecule has 108 valence electrons. The molecule has 0 radical (unpaired) electrons. The molecule has 1 aromatic heterocycles. The molecule has 0 saturated carbocycles. The minimum atomic E-state index is -0.161. The normalized spacial score (nSPS) is 12.9. The molecule has 0 saturated heterocycles. The number of thiazole rings is 1. The van der Waals surface area contributed by atoms with Crippen molar-refractivity contribution in [3.05, 3.63) is 51.2 Å². The molecule has 2 nitrogen and oxygen atoms in total. The summed E-state index contributed by atoms with van der Waals surface area (Å²) in [5, 5.41) is 6.49. The van der Waals surface area contributed by atoms with Crippen molar-refractivity contribution in [3.63, 3.8) is 0 Å². The largest absolute Gasteiger partial charge is 0.305 e. The molecular weight excluding hydrogens is 271 g/mol. The van der Waals surface area contributed by atoms with Crippen LogP contribution in [-0.2, 0) is 0 Å². The Labute approximate surface area is 124 Å². The number of aryl methyl sites for hydroxylation is 1. The van der Waals surface area contributed by atoms with Crippen LogP contribution in [0, 0.1) is 12.7 Å². The Hall–Kier alpha value is -1.26. The van der Waals surface area contributed by atoms with Gasteiger partial charge in [-0.2, -0.15) is 0 Å². The summed E-state index contributed by atoms with van der Waals surface area (Å²) in [6, 6.07) is 5.38. The smallest absolute Gasteiger partial charge is 0.126 e. The lowest BCUT2D eigenvalue weighted by atomic mass is 10.0. The molecule has 0 spiro atoms. The maximum Gasteiger partial charge on any atom is 0.126 e. The number of nitrogens with zero attached hydrogens (tertiary/aromatic N) is 1. The summed E-state index contributed by atoms with van der Waals surface area (Å²) < 4.78 is 13.8. The van der Waals surface area contributed by atoms with Crippen molar-refractivity contribution in [1.82, 2.24) is 10.3 Å². The number of benzene rings is 1. The minimum absolute atomic E-state index is 0.0346. The SMILES string of the molecule is CCNC(c1ccc(C)c(F)c1)c1nc(C(C)C)cs1. The third kappa shape index (κ3) is 3.25. The van der Waals surface area contributed by atoms with E-state index in [-0.39, 0.29) is 11.9 Å². The maximum atomic E-state index is 13.8. The molecule has 4 heteroatoms. The average molecular weight is 292 g/mol.